The molecule has 5 nitrogen and oxygen atoms in total. The number of ether oxygens (including phenoxy) is 2. The maximum Gasteiger partial charge on any atom is 0.260 e. The molecule has 3 aromatic carbocycles. The lowest BCUT2D eigenvalue weighted by Crippen LogP contribution is -2.30. The summed E-state index contributed by atoms with van der Waals surface area (Å²) in [6, 6.07) is 20.2. The third-order valence-corrected chi connectivity index (χ3v) is 7.19. The van der Waals surface area contributed by atoms with Gasteiger partial charge in [0.15, 0.2) is 17.0 Å². The quantitative estimate of drug-likeness (QED) is 0.320. The van der Waals surface area contributed by atoms with Crippen LogP contribution in [0.3, 0.4) is 0 Å². The first-order chi connectivity index (χ1) is 16.4. The number of hydrogen-bond acceptors (Lipinski definition) is 5. The lowest BCUT2D eigenvalue weighted by Gasteiger charge is -2.13. The smallest absolute Gasteiger partial charge is 0.260 e. The first kappa shape index (κ1) is 24.2. The molecule has 34 heavy (non-hydrogen) atoms. The minimum absolute atomic E-state index is 0.113. The number of anilines is 1. The summed E-state index contributed by atoms with van der Waals surface area (Å²) >= 11 is 5.07. The van der Waals surface area contributed by atoms with Crippen molar-refractivity contribution in [2.45, 2.75) is 32.4 Å². The summed E-state index contributed by atoms with van der Waals surface area (Å²) < 4.78 is 12.4. The second-order valence-corrected chi connectivity index (χ2v) is 9.97. The number of thioether (sulfide) groups is 1. The number of amides is 1. The van der Waals surface area contributed by atoms with Gasteiger partial charge in [0.1, 0.15) is 6.61 Å². The molecule has 1 heterocycles. The molecule has 4 rings (SSSR count). The topological polar surface area (TPSA) is 59.6 Å². The number of benzene rings is 3. The molecule has 2 N–H and O–H groups in total. The van der Waals surface area contributed by atoms with Crippen LogP contribution in [0.25, 0.3) is 6.08 Å². The zero-order chi connectivity index (χ0) is 24.1. The SMILES string of the molecule is CCc1ccc(N[C@H]2NC(=O)/C(=C/c3cc(OC)c(OCc4ccc(C)cc4)cc3Br)S2)cc1. The summed E-state index contributed by atoms with van der Waals surface area (Å²) in [6.45, 7) is 4.62. The molecule has 176 valence electrons. The van der Waals surface area contributed by atoms with Crippen molar-refractivity contribution in [1.29, 1.82) is 0 Å². The van der Waals surface area contributed by atoms with E-state index in [-0.39, 0.29) is 11.4 Å². The maximum absolute atomic E-state index is 12.6. The highest BCUT2D eigenvalue weighted by atomic mass is 79.9. The van der Waals surface area contributed by atoms with Crippen LogP contribution in [0.1, 0.15) is 29.2 Å². The van der Waals surface area contributed by atoms with Crippen molar-refractivity contribution < 1.29 is 14.3 Å². The third-order valence-electron chi connectivity index (χ3n) is 5.48. The predicted octanol–water partition coefficient (Wildman–Crippen LogP) is 6.51. The van der Waals surface area contributed by atoms with Gasteiger partial charge in [0.05, 0.1) is 12.0 Å². The van der Waals surface area contributed by atoms with Gasteiger partial charge >= 0.3 is 0 Å². The number of nitrogens with one attached hydrogen (secondary N) is 2. The molecule has 0 unspecified atom stereocenters. The van der Waals surface area contributed by atoms with Crippen molar-refractivity contribution >= 4 is 45.4 Å². The Morgan fingerprint density at radius 2 is 1.76 bits per heavy atom. The van der Waals surface area contributed by atoms with Crippen molar-refractivity contribution in [1.82, 2.24) is 5.32 Å². The second kappa shape index (κ2) is 11.0. The third kappa shape index (κ3) is 5.96. The van der Waals surface area contributed by atoms with Gasteiger partial charge in [0.25, 0.3) is 5.91 Å². The monoisotopic (exact) mass is 538 g/mol. The molecule has 1 aliphatic rings. The minimum atomic E-state index is -0.232. The lowest BCUT2D eigenvalue weighted by molar-refractivity contribution is -0.116. The van der Waals surface area contributed by atoms with E-state index in [9.17, 15) is 4.79 Å². The van der Waals surface area contributed by atoms with Crippen LogP contribution in [-0.2, 0) is 17.8 Å². The van der Waals surface area contributed by atoms with Crippen LogP contribution < -0.4 is 20.1 Å². The first-order valence-electron chi connectivity index (χ1n) is 11.1. The molecule has 1 saturated heterocycles. The number of methoxy groups -OCH3 is 1. The molecule has 0 aliphatic carbocycles. The molecule has 1 aliphatic heterocycles. The highest BCUT2D eigenvalue weighted by molar-refractivity contribution is 9.10. The fourth-order valence-electron chi connectivity index (χ4n) is 3.47. The number of hydrogen-bond donors (Lipinski definition) is 2. The normalized spacial score (nSPS) is 16.4. The number of halogens is 1. The van der Waals surface area contributed by atoms with E-state index in [1.807, 2.05) is 42.5 Å². The van der Waals surface area contributed by atoms with E-state index in [0.717, 1.165) is 27.7 Å². The lowest BCUT2D eigenvalue weighted by atomic mass is 10.1. The van der Waals surface area contributed by atoms with Crippen LogP contribution >= 0.6 is 27.7 Å². The molecule has 0 spiro atoms. The van der Waals surface area contributed by atoms with Gasteiger partial charge in [0.2, 0.25) is 0 Å². The Morgan fingerprint density at radius 1 is 1.06 bits per heavy atom. The number of aryl methyl sites for hydroxylation is 2. The molecule has 0 saturated carbocycles. The van der Waals surface area contributed by atoms with Crippen molar-refractivity contribution in [2.75, 3.05) is 12.4 Å². The summed E-state index contributed by atoms with van der Waals surface area (Å²) in [7, 11) is 1.61. The van der Waals surface area contributed by atoms with Crippen molar-refractivity contribution in [2.24, 2.45) is 0 Å². The van der Waals surface area contributed by atoms with Crippen LogP contribution in [-0.4, -0.2) is 18.5 Å². The molecular formula is C27H27BrN2O3S. The molecule has 1 atom stereocenters. The first-order valence-corrected chi connectivity index (χ1v) is 12.7. The molecule has 0 radical (unpaired) electrons. The summed E-state index contributed by atoms with van der Waals surface area (Å²) in [5.41, 5.74) is 5.14. The van der Waals surface area contributed by atoms with Crippen LogP contribution in [0.5, 0.6) is 11.5 Å². The molecule has 3 aromatic rings. The standard InChI is InChI=1S/C27H27BrN2O3S/c1-4-18-9-11-21(12-10-18)29-27-30-26(31)25(34-27)14-20-13-23(32-3)24(15-22(20)28)33-16-19-7-5-17(2)6-8-19/h5-15,27,29H,4,16H2,1-3H3,(H,30,31)/b25-14-/t27-/m0/s1. The minimum Gasteiger partial charge on any atom is -0.493 e. The summed E-state index contributed by atoms with van der Waals surface area (Å²) in [5, 5.41) is 6.33. The van der Waals surface area contributed by atoms with E-state index >= 15 is 0 Å². The van der Waals surface area contributed by atoms with Gasteiger partial charge in [-0.25, -0.2) is 0 Å². The Labute approximate surface area is 213 Å². The van der Waals surface area contributed by atoms with Crippen molar-refractivity contribution in [3.63, 3.8) is 0 Å². The van der Waals surface area contributed by atoms with Gasteiger partial charge < -0.3 is 20.1 Å². The van der Waals surface area contributed by atoms with Crippen molar-refractivity contribution in [3.05, 3.63) is 92.3 Å². The van der Waals surface area contributed by atoms with E-state index in [2.05, 4.69) is 64.7 Å². The molecule has 1 fully saturated rings. The molecular weight excluding hydrogens is 512 g/mol. The zero-order valence-electron chi connectivity index (χ0n) is 19.4. The van der Waals surface area contributed by atoms with Crippen LogP contribution in [0.4, 0.5) is 5.69 Å². The molecule has 7 heteroatoms. The van der Waals surface area contributed by atoms with Crippen molar-refractivity contribution in [3.8, 4) is 11.5 Å². The van der Waals surface area contributed by atoms with Gasteiger partial charge in [0, 0.05) is 10.2 Å². The largest absolute Gasteiger partial charge is 0.493 e. The Bertz CT molecular complexity index is 1190. The van der Waals surface area contributed by atoms with E-state index in [0.29, 0.717) is 23.0 Å². The molecule has 1 amide bonds. The van der Waals surface area contributed by atoms with E-state index < -0.39 is 0 Å². The molecule has 0 bridgehead atoms. The summed E-state index contributed by atoms with van der Waals surface area (Å²) in [5.74, 6) is 1.13. The number of carbonyl (C=O) groups is 1. The Morgan fingerprint density at radius 3 is 2.44 bits per heavy atom. The van der Waals surface area contributed by atoms with Gasteiger partial charge in [-0.3, -0.25) is 4.79 Å². The number of carbonyl (C=O) groups excluding carboxylic acids is 1. The van der Waals surface area contributed by atoms with Gasteiger partial charge in [-0.1, -0.05) is 76.6 Å². The van der Waals surface area contributed by atoms with E-state index in [4.69, 9.17) is 9.47 Å². The van der Waals surface area contributed by atoms with Gasteiger partial charge in [-0.2, -0.15) is 0 Å². The second-order valence-electron chi connectivity index (χ2n) is 7.97. The predicted molar refractivity (Wildman–Crippen MR) is 143 cm³/mol. The zero-order valence-corrected chi connectivity index (χ0v) is 21.8. The van der Waals surface area contributed by atoms with Crippen LogP contribution in [0.2, 0.25) is 0 Å². The van der Waals surface area contributed by atoms with Gasteiger partial charge in [-0.15, -0.1) is 0 Å². The fraction of sp³-hybridized carbons (Fsp3) is 0.222. The van der Waals surface area contributed by atoms with Crippen LogP contribution in [0.15, 0.2) is 70.0 Å². The van der Waals surface area contributed by atoms with Gasteiger partial charge in [-0.05, 0) is 60.4 Å². The Balaban J connectivity index is 1.46. The molecule has 0 aromatic heterocycles. The number of rotatable bonds is 8. The highest BCUT2D eigenvalue weighted by Crippen LogP contribution is 2.37. The summed E-state index contributed by atoms with van der Waals surface area (Å²) in [4.78, 5) is 13.2. The average molecular weight is 539 g/mol. The highest BCUT2D eigenvalue weighted by Gasteiger charge is 2.27. The van der Waals surface area contributed by atoms with Crippen LogP contribution in [0, 0.1) is 6.92 Å². The van der Waals surface area contributed by atoms with E-state index in [1.165, 1.54) is 22.9 Å². The summed E-state index contributed by atoms with van der Waals surface area (Å²) in [6.07, 6.45) is 2.86. The Hall–Kier alpha value is -2.90. The maximum atomic E-state index is 12.6. The average Bonchev–Trinajstić information content (AvgIpc) is 3.18. The van der Waals surface area contributed by atoms with E-state index in [1.54, 1.807) is 7.11 Å². The Kier molecular flexibility index (Phi) is 7.85. The fourth-order valence-corrected chi connectivity index (χ4v) is 4.89.